The highest BCUT2D eigenvalue weighted by Gasteiger charge is 2.37. The van der Waals surface area contributed by atoms with Gasteiger partial charge in [-0.2, -0.15) is 23.5 Å². The number of ether oxygens (including phenoxy) is 1. The van der Waals surface area contributed by atoms with E-state index < -0.39 is 0 Å². The molecule has 0 aromatic carbocycles. The van der Waals surface area contributed by atoms with Gasteiger partial charge in [0.2, 0.25) is 17.7 Å². The van der Waals surface area contributed by atoms with Crippen molar-refractivity contribution >= 4 is 47.0 Å². The first kappa shape index (κ1) is 21.0. The fourth-order valence-electron chi connectivity index (χ4n) is 2.16. The fourth-order valence-corrected chi connectivity index (χ4v) is 3.26. The van der Waals surface area contributed by atoms with E-state index >= 15 is 0 Å². The van der Waals surface area contributed by atoms with Crippen LogP contribution in [0.4, 0.5) is 0 Å². The Hall–Kier alpha value is -1.06. The molecular weight excluding hydrogens is 352 g/mol. The minimum Gasteiger partial charge on any atom is -0.379 e. The highest BCUT2D eigenvalue weighted by molar-refractivity contribution is 8.00. The van der Waals surface area contributed by atoms with Crippen molar-refractivity contribution in [2.24, 2.45) is 0 Å². The van der Waals surface area contributed by atoms with Crippen molar-refractivity contribution in [1.82, 2.24) is 10.2 Å². The van der Waals surface area contributed by atoms with Crippen LogP contribution in [0.3, 0.4) is 0 Å². The molecule has 0 bridgehead atoms. The maximum atomic E-state index is 11.9. The first-order chi connectivity index (χ1) is 11.5. The van der Waals surface area contributed by atoms with Crippen LogP contribution in [0.1, 0.15) is 19.3 Å². The van der Waals surface area contributed by atoms with Crippen molar-refractivity contribution in [3.8, 4) is 0 Å². The Kier molecular flexibility index (Phi) is 10.0. The fraction of sp³-hybridized carbons (Fsp3) is 0.733. The molecule has 0 aliphatic carbocycles. The van der Waals surface area contributed by atoms with Crippen LogP contribution in [0.25, 0.3) is 0 Å². The Labute approximate surface area is 150 Å². The molecule has 136 valence electrons. The van der Waals surface area contributed by atoms with E-state index in [4.69, 9.17) is 4.74 Å². The third-order valence-corrected chi connectivity index (χ3v) is 5.00. The number of rotatable bonds is 12. The molecule has 1 rings (SSSR count). The van der Waals surface area contributed by atoms with Gasteiger partial charge >= 0.3 is 0 Å². The van der Waals surface area contributed by atoms with Gasteiger partial charge in [-0.25, -0.2) is 0 Å². The second-order valence-corrected chi connectivity index (χ2v) is 7.15. The van der Waals surface area contributed by atoms with Gasteiger partial charge in [0.05, 0.1) is 24.2 Å². The number of thioether (sulfide) groups is 2. The van der Waals surface area contributed by atoms with E-state index in [0.717, 1.165) is 4.90 Å². The van der Waals surface area contributed by atoms with Crippen LogP contribution in [0.5, 0.6) is 0 Å². The van der Waals surface area contributed by atoms with Crippen LogP contribution in [0.2, 0.25) is 0 Å². The summed E-state index contributed by atoms with van der Waals surface area (Å²) in [6.45, 7) is 1.13. The molecule has 3 amide bonds. The molecule has 1 heterocycles. The number of carbonyl (C=O) groups is 4. The molecule has 9 heteroatoms. The van der Waals surface area contributed by atoms with Crippen LogP contribution in [-0.4, -0.2) is 78.2 Å². The highest BCUT2D eigenvalue weighted by Crippen LogP contribution is 2.22. The summed E-state index contributed by atoms with van der Waals surface area (Å²) in [4.78, 5) is 47.7. The zero-order valence-corrected chi connectivity index (χ0v) is 15.7. The van der Waals surface area contributed by atoms with Gasteiger partial charge in [0.15, 0.2) is 0 Å². The summed E-state index contributed by atoms with van der Waals surface area (Å²) in [6, 6.07) is 0. The molecular formula is C15H24N2O5S2. The van der Waals surface area contributed by atoms with E-state index in [0.29, 0.717) is 31.9 Å². The van der Waals surface area contributed by atoms with Crippen molar-refractivity contribution in [2.45, 2.75) is 24.5 Å². The Bertz CT molecular complexity index is 473. The zero-order valence-electron chi connectivity index (χ0n) is 14.0. The molecule has 1 aliphatic heterocycles. The van der Waals surface area contributed by atoms with E-state index in [1.807, 2.05) is 6.26 Å². The lowest BCUT2D eigenvalue weighted by Gasteiger charge is -2.14. The van der Waals surface area contributed by atoms with Gasteiger partial charge in [0, 0.05) is 32.4 Å². The molecule has 24 heavy (non-hydrogen) atoms. The molecule has 0 aromatic heterocycles. The third kappa shape index (κ3) is 7.23. The monoisotopic (exact) mass is 376 g/mol. The van der Waals surface area contributed by atoms with Gasteiger partial charge in [-0.1, -0.05) is 0 Å². The maximum absolute atomic E-state index is 11.9. The lowest BCUT2D eigenvalue weighted by Crippen LogP contribution is -2.36. The number of nitrogens with zero attached hydrogens (tertiary/aromatic N) is 1. The molecule has 0 radical (unpaired) electrons. The Balaban J connectivity index is 2.09. The van der Waals surface area contributed by atoms with Gasteiger partial charge < -0.3 is 10.1 Å². The smallest absolute Gasteiger partial charge is 0.242 e. The van der Waals surface area contributed by atoms with Gasteiger partial charge in [-0.05, 0) is 12.5 Å². The second-order valence-electron chi connectivity index (χ2n) is 5.25. The molecule has 0 spiro atoms. The third-order valence-electron chi connectivity index (χ3n) is 3.45. The maximum Gasteiger partial charge on any atom is 0.242 e. The van der Waals surface area contributed by atoms with E-state index in [1.165, 1.54) is 23.5 Å². The zero-order chi connectivity index (χ0) is 17.9. The van der Waals surface area contributed by atoms with Crippen molar-refractivity contribution in [3.63, 3.8) is 0 Å². The minimum absolute atomic E-state index is 0.0881. The van der Waals surface area contributed by atoms with Gasteiger partial charge in [0.1, 0.15) is 5.78 Å². The summed E-state index contributed by atoms with van der Waals surface area (Å²) in [5, 5.41) is 2.35. The largest absolute Gasteiger partial charge is 0.379 e. The lowest BCUT2D eigenvalue weighted by atomic mass is 10.3. The number of nitrogens with one attached hydrogen (secondary N) is 1. The molecule has 1 atom stereocenters. The molecule has 0 saturated carbocycles. The number of likely N-dealkylation sites (tertiary alicyclic amines) is 1. The van der Waals surface area contributed by atoms with Crippen molar-refractivity contribution < 1.29 is 23.9 Å². The number of ketones is 1. The van der Waals surface area contributed by atoms with Gasteiger partial charge in [0.25, 0.3) is 0 Å². The predicted octanol–water partition coefficient (Wildman–Crippen LogP) is 0.322. The molecule has 1 unspecified atom stereocenters. The van der Waals surface area contributed by atoms with Crippen molar-refractivity contribution in [2.75, 3.05) is 44.6 Å². The number of hydrogen-bond acceptors (Lipinski definition) is 7. The van der Waals surface area contributed by atoms with Crippen LogP contribution < -0.4 is 5.32 Å². The number of Topliss-reactive ketones (excluding diaryl/α,β-unsaturated/α-hetero) is 1. The number of amides is 3. The number of carbonyl (C=O) groups excluding carboxylic acids is 4. The minimum atomic E-state index is -0.317. The number of hydrogen-bond donors (Lipinski definition) is 1. The van der Waals surface area contributed by atoms with Crippen LogP contribution >= 0.6 is 23.5 Å². The van der Waals surface area contributed by atoms with Crippen LogP contribution in [-0.2, 0) is 23.9 Å². The summed E-state index contributed by atoms with van der Waals surface area (Å²) in [5.74, 6) is -0.0185. The normalized spacial score (nSPS) is 17.4. The summed E-state index contributed by atoms with van der Waals surface area (Å²) >= 11 is 2.84. The summed E-state index contributed by atoms with van der Waals surface area (Å²) in [6.07, 6.45) is 4.35. The Morgan fingerprint density at radius 1 is 1.25 bits per heavy atom. The van der Waals surface area contributed by atoms with Crippen molar-refractivity contribution in [3.05, 3.63) is 0 Å². The first-order valence-electron chi connectivity index (χ1n) is 7.71. The first-order valence-corrected chi connectivity index (χ1v) is 10.4. The summed E-state index contributed by atoms with van der Waals surface area (Å²) < 4.78 is 5.28. The average Bonchev–Trinajstić information content (AvgIpc) is 2.82. The SMILES string of the molecule is CSCC(=O)CCOCCNC(=O)CCN1C(=O)CC(SC)C1=O. The topological polar surface area (TPSA) is 92.8 Å². The predicted molar refractivity (Wildman–Crippen MR) is 95.1 cm³/mol. The quantitative estimate of drug-likeness (QED) is 0.387. The molecule has 0 aromatic rings. The van der Waals surface area contributed by atoms with Crippen LogP contribution in [0.15, 0.2) is 0 Å². The molecule has 1 aliphatic rings. The van der Waals surface area contributed by atoms with E-state index in [-0.39, 0.29) is 48.1 Å². The summed E-state index contributed by atoms with van der Waals surface area (Å²) in [7, 11) is 0. The van der Waals surface area contributed by atoms with Gasteiger partial charge in [-0.15, -0.1) is 0 Å². The highest BCUT2D eigenvalue weighted by atomic mass is 32.2. The lowest BCUT2D eigenvalue weighted by molar-refractivity contribution is -0.138. The van der Waals surface area contributed by atoms with E-state index in [2.05, 4.69) is 5.32 Å². The average molecular weight is 377 g/mol. The van der Waals surface area contributed by atoms with Crippen LogP contribution in [0, 0.1) is 0 Å². The van der Waals surface area contributed by atoms with E-state index in [1.54, 1.807) is 6.26 Å². The molecule has 1 N–H and O–H groups in total. The van der Waals surface area contributed by atoms with Gasteiger partial charge in [-0.3, -0.25) is 24.1 Å². The van der Waals surface area contributed by atoms with Crippen molar-refractivity contribution in [1.29, 1.82) is 0 Å². The molecule has 1 saturated heterocycles. The molecule has 1 fully saturated rings. The van der Waals surface area contributed by atoms with E-state index in [9.17, 15) is 19.2 Å². The Morgan fingerprint density at radius 2 is 2.00 bits per heavy atom. The molecule has 7 nitrogen and oxygen atoms in total. The Morgan fingerprint density at radius 3 is 2.62 bits per heavy atom. The number of imide groups is 1. The second kappa shape index (κ2) is 11.5. The standard InChI is InChI=1S/C15H24N2O5S2/c1-23-10-11(18)4-7-22-8-5-16-13(19)3-6-17-14(20)9-12(24-2)15(17)21/h12H,3-10H2,1-2H3,(H,16,19). The summed E-state index contributed by atoms with van der Waals surface area (Å²) in [5.41, 5.74) is 0.